The second-order valence-electron chi connectivity index (χ2n) is 5.14. The highest BCUT2D eigenvalue weighted by Gasteiger charge is 2.96. The minimum absolute atomic E-state index is 0.401. The number of rotatable bonds is 0. The molecule has 104 valence electrons. The summed E-state index contributed by atoms with van der Waals surface area (Å²) in [6.45, 7) is 7.38. The Labute approximate surface area is 146 Å². The Balaban J connectivity index is 2.95. The van der Waals surface area contributed by atoms with Gasteiger partial charge in [-0.25, -0.2) is 0 Å². The quantitative estimate of drug-likeness (QED) is 0.335. The molecule has 0 aromatic rings. The van der Waals surface area contributed by atoms with Gasteiger partial charge in [-0.15, -0.1) is 23.2 Å². The van der Waals surface area contributed by atoms with Crippen LogP contribution < -0.4 is 0 Å². The van der Waals surface area contributed by atoms with Gasteiger partial charge in [0.25, 0.3) is 0 Å². The number of alkyl halides is 8. The van der Waals surface area contributed by atoms with Crippen molar-refractivity contribution in [3.63, 3.8) is 0 Å². The van der Waals surface area contributed by atoms with Crippen LogP contribution in [0.25, 0.3) is 0 Å². The van der Waals surface area contributed by atoms with Gasteiger partial charge in [0.2, 0.25) is 0 Å². The van der Waals surface area contributed by atoms with Gasteiger partial charge >= 0.3 is 0 Å². The molecule has 0 aromatic heterocycles. The van der Waals surface area contributed by atoms with E-state index in [1.807, 2.05) is 0 Å². The molecule has 0 saturated heterocycles. The molecule has 2 atom stereocenters. The molecule has 2 aliphatic carbocycles. The highest BCUT2D eigenvalue weighted by Crippen LogP contribution is 2.86. The third kappa shape index (κ3) is 1.13. The molecule has 2 saturated carbocycles. The SMILES string of the molecule is C=C1C(C)(C)C2(Cl)C(Cl)(Cl)C(Cl)(Cl)C1(Cl)C2(Cl)Cl. The van der Waals surface area contributed by atoms with Crippen LogP contribution in [-0.4, -0.2) is 22.7 Å². The Kier molecular flexibility index (Phi) is 3.37. The van der Waals surface area contributed by atoms with E-state index in [4.69, 9.17) is 92.8 Å². The molecule has 2 bridgehead atoms. The van der Waals surface area contributed by atoms with Crippen LogP contribution in [0.2, 0.25) is 0 Å². The maximum atomic E-state index is 6.60. The van der Waals surface area contributed by atoms with Crippen molar-refractivity contribution in [2.45, 2.75) is 36.6 Å². The average molecular weight is 412 g/mol. The minimum atomic E-state index is -1.89. The standard InChI is InChI=1S/C10H8Cl8/c1-4-5(2,3)7(12)8(13,14)6(4,11)9(15,16)10(7,17)18/h1H2,2-3H3. The van der Waals surface area contributed by atoms with E-state index < -0.39 is 28.2 Å². The van der Waals surface area contributed by atoms with Gasteiger partial charge in [-0.2, -0.15) is 0 Å². The van der Waals surface area contributed by atoms with Gasteiger partial charge in [0.15, 0.2) is 13.0 Å². The number of allylic oxidation sites excluding steroid dienone is 1. The maximum Gasteiger partial charge on any atom is 0.178 e. The summed E-state index contributed by atoms with van der Waals surface area (Å²) in [6, 6.07) is 0. The molecule has 0 spiro atoms. The van der Waals surface area contributed by atoms with E-state index in [9.17, 15) is 0 Å². The van der Waals surface area contributed by atoms with Crippen molar-refractivity contribution in [3.05, 3.63) is 12.2 Å². The maximum absolute atomic E-state index is 6.60. The van der Waals surface area contributed by atoms with Crippen molar-refractivity contribution in [3.8, 4) is 0 Å². The second-order valence-corrected chi connectivity index (χ2v) is 10.3. The monoisotopic (exact) mass is 408 g/mol. The molecule has 2 aliphatic rings. The molecule has 18 heavy (non-hydrogen) atoms. The van der Waals surface area contributed by atoms with Gasteiger partial charge in [-0.05, 0) is 5.57 Å². The summed E-state index contributed by atoms with van der Waals surface area (Å²) < 4.78 is -5.53. The third-order valence-electron chi connectivity index (χ3n) is 4.16. The van der Waals surface area contributed by atoms with E-state index in [1.54, 1.807) is 13.8 Å². The Bertz CT molecular complexity index is 451. The van der Waals surface area contributed by atoms with E-state index in [0.29, 0.717) is 5.57 Å². The van der Waals surface area contributed by atoms with Crippen LogP contribution in [0.5, 0.6) is 0 Å². The van der Waals surface area contributed by atoms with Gasteiger partial charge in [0.05, 0.1) is 0 Å². The number of hydrogen-bond donors (Lipinski definition) is 0. The smallest absolute Gasteiger partial charge is 0.112 e. The zero-order valence-electron chi connectivity index (χ0n) is 9.23. The predicted octanol–water partition coefficient (Wildman–Crippen LogP) is 6.07. The molecule has 0 nitrogen and oxygen atoms in total. The van der Waals surface area contributed by atoms with Crippen molar-refractivity contribution in [1.82, 2.24) is 0 Å². The summed E-state index contributed by atoms with van der Waals surface area (Å²) in [6.07, 6.45) is 0. The van der Waals surface area contributed by atoms with E-state index in [0.717, 1.165) is 0 Å². The summed E-state index contributed by atoms with van der Waals surface area (Å²) in [5, 5.41) is 0. The van der Waals surface area contributed by atoms with Crippen LogP contribution >= 0.6 is 92.8 Å². The first-order valence-electron chi connectivity index (χ1n) is 4.87. The first kappa shape index (κ1) is 16.4. The summed E-state index contributed by atoms with van der Waals surface area (Å²) in [4.78, 5) is -3.26. The van der Waals surface area contributed by atoms with Gasteiger partial charge < -0.3 is 0 Å². The first-order chi connectivity index (χ1) is 7.65. The molecule has 0 N–H and O–H groups in total. The van der Waals surface area contributed by atoms with E-state index in [-0.39, 0.29) is 0 Å². The number of hydrogen-bond acceptors (Lipinski definition) is 0. The zero-order chi connectivity index (χ0) is 14.6. The van der Waals surface area contributed by atoms with Crippen molar-refractivity contribution in [2.24, 2.45) is 5.41 Å². The predicted molar refractivity (Wildman–Crippen MR) is 83.4 cm³/mol. The molecular formula is C10H8Cl8. The molecule has 2 fully saturated rings. The Morgan fingerprint density at radius 3 is 1.39 bits per heavy atom. The first-order valence-corrected chi connectivity index (χ1v) is 7.89. The van der Waals surface area contributed by atoms with E-state index >= 15 is 0 Å². The summed E-state index contributed by atoms with van der Waals surface area (Å²) in [5.74, 6) is 0. The zero-order valence-corrected chi connectivity index (χ0v) is 15.3. The largest absolute Gasteiger partial charge is 0.178 e. The van der Waals surface area contributed by atoms with Crippen molar-refractivity contribution >= 4 is 92.8 Å². The lowest BCUT2D eigenvalue weighted by atomic mass is 9.71. The van der Waals surface area contributed by atoms with Gasteiger partial charge in [-0.1, -0.05) is 90.0 Å². The summed E-state index contributed by atoms with van der Waals surface area (Å²) >= 11 is 50.9. The molecule has 8 heteroatoms. The van der Waals surface area contributed by atoms with Crippen LogP contribution in [0.4, 0.5) is 0 Å². The van der Waals surface area contributed by atoms with Crippen molar-refractivity contribution in [1.29, 1.82) is 0 Å². The molecule has 0 heterocycles. The van der Waals surface area contributed by atoms with Crippen LogP contribution in [-0.2, 0) is 0 Å². The molecule has 0 amide bonds. The molecule has 0 aliphatic heterocycles. The lowest BCUT2D eigenvalue weighted by Gasteiger charge is -2.51. The van der Waals surface area contributed by atoms with E-state index in [1.165, 1.54) is 0 Å². The van der Waals surface area contributed by atoms with E-state index in [2.05, 4.69) is 6.58 Å². The molecule has 0 radical (unpaired) electrons. The number of fused-ring (bicyclic) bond motifs is 2. The van der Waals surface area contributed by atoms with Crippen LogP contribution in [0.3, 0.4) is 0 Å². The fraction of sp³-hybridized carbons (Fsp3) is 0.800. The average Bonchev–Trinajstić information content (AvgIpc) is 2.32. The number of halogens is 8. The highest BCUT2D eigenvalue weighted by molar-refractivity contribution is 6.75. The lowest BCUT2D eigenvalue weighted by molar-refractivity contribution is 0.296. The van der Waals surface area contributed by atoms with Crippen LogP contribution in [0.15, 0.2) is 12.2 Å². The minimum Gasteiger partial charge on any atom is -0.112 e. The molecule has 0 aromatic carbocycles. The summed E-state index contributed by atoms with van der Waals surface area (Å²) in [5.41, 5.74) is -0.463. The molecule has 2 unspecified atom stereocenters. The fourth-order valence-electron chi connectivity index (χ4n) is 2.87. The van der Waals surface area contributed by atoms with Crippen molar-refractivity contribution in [2.75, 3.05) is 0 Å². The second kappa shape index (κ2) is 3.69. The summed E-state index contributed by atoms with van der Waals surface area (Å²) in [7, 11) is 0. The third-order valence-corrected chi connectivity index (χ3v) is 10.6. The molecular weight excluding hydrogens is 404 g/mol. The highest BCUT2D eigenvalue weighted by atomic mass is 35.5. The Morgan fingerprint density at radius 1 is 0.722 bits per heavy atom. The van der Waals surface area contributed by atoms with Gasteiger partial charge in [0.1, 0.15) is 9.75 Å². The van der Waals surface area contributed by atoms with Crippen molar-refractivity contribution < 1.29 is 0 Å². The fourth-order valence-corrected chi connectivity index (χ4v) is 7.51. The lowest BCUT2D eigenvalue weighted by Crippen LogP contribution is -2.61. The normalized spacial score (nSPS) is 46.4. The van der Waals surface area contributed by atoms with Gasteiger partial charge in [0, 0.05) is 5.41 Å². The topological polar surface area (TPSA) is 0 Å². The van der Waals surface area contributed by atoms with Gasteiger partial charge in [-0.3, -0.25) is 0 Å². The van der Waals surface area contributed by atoms with Crippen LogP contribution in [0, 0.1) is 5.41 Å². The molecule has 2 rings (SSSR count). The van der Waals surface area contributed by atoms with Crippen LogP contribution in [0.1, 0.15) is 13.8 Å². The Hall–Kier alpha value is 2.06. The Morgan fingerprint density at radius 2 is 1.11 bits per heavy atom.